The highest BCUT2D eigenvalue weighted by atomic mass is 16.2. The average Bonchev–Trinajstić information content (AvgIpc) is 2.81. The molecule has 1 aliphatic heterocycles. The monoisotopic (exact) mass is 283 g/mol. The molecular weight excluding hydrogens is 254 g/mol. The fourth-order valence-corrected chi connectivity index (χ4v) is 2.49. The number of unbranched alkanes of at least 4 members (excludes halogenated alkanes) is 1. The van der Waals surface area contributed by atoms with Crippen LogP contribution in [0.2, 0.25) is 0 Å². The fraction of sp³-hybridized carbons (Fsp3) is 0.867. The van der Waals surface area contributed by atoms with Gasteiger partial charge < -0.3 is 16.0 Å². The van der Waals surface area contributed by atoms with Crippen molar-refractivity contribution in [2.24, 2.45) is 11.1 Å². The van der Waals surface area contributed by atoms with E-state index < -0.39 is 0 Å². The van der Waals surface area contributed by atoms with Crippen molar-refractivity contribution in [3.05, 3.63) is 0 Å². The van der Waals surface area contributed by atoms with Gasteiger partial charge in [0.05, 0.1) is 0 Å². The Morgan fingerprint density at radius 2 is 2.00 bits per heavy atom. The summed E-state index contributed by atoms with van der Waals surface area (Å²) in [7, 11) is 0. The maximum Gasteiger partial charge on any atom is 0.242 e. The van der Waals surface area contributed by atoms with Crippen molar-refractivity contribution in [3.63, 3.8) is 0 Å². The minimum Gasteiger partial charge on any atom is -0.354 e. The summed E-state index contributed by atoms with van der Waals surface area (Å²) in [5.74, 6) is 0.0823. The predicted octanol–water partition coefficient (Wildman–Crippen LogP) is 1.27. The van der Waals surface area contributed by atoms with E-state index in [4.69, 9.17) is 5.73 Å². The van der Waals surface area contributed by atoms with Crippen molar-refractivity contribution in [2.75, 3.05) is 19.6 Å². The summed E-state index contributed by atoms with van der Waals surface area (Å²) in [5.41, 5.74) is 5.38. The molecule has 0 aromatic rings. The van der Waals surface area contributed by atoms with Crippen LogP contribution in [0.4, 0.5) is 0 Å². The normalized spacial score (nSPS) is 19.2. The molecule has 0 spiro atoms. The third kappa shape index (κ3) is 5.49. The second-order valence-corrected chi connectivity index (χ2v) is 6.77. The molecule has 1 heterocycles. The molecule has 1 aliphatic rings. The van der Waals surface area contributed by atoms with E-state index in [1.165, 1.54) is 0 Å². The molecule has 1 atom stereocenters. The van der Waals surface area contributed by atoms with Crippen molar-refractivity contribution in [1.82, 2.24) is 10.2 Å². The molecule has 1 fully saturated rings. The molecule has 0 aliphatic carbocycles. The molecule has 0 aromatic carbocycles. The van der Waals surface area contributed by atoms with Gasteiger partial charge in [0, 0.05) is 19.5 Å². The Kier molecular flexibility index (Phi) is 6.46. The lowest BCUT2D eigenvalue weighted by molar-refractivity contribution is -0.139. The molecule has 1 rings (SSSR count). The molecule has 0 radical (unpaired) electrons. The van der Waals surface area contributed by atoms with E-state index in [9.17, 15) is 9.59 Å². The molecule has 0 bridgehead atoms. The van der Waals surface area contributed by atoms with Gasteiger partial charge in [-0.25, -0.2) is 0 Å². The number of nitrogens with two attached hydrogens (primary N) is 1. The zero-order valence-corrected chi connectivity index (χ0v) is 13.1. The van der Waals surface area contributed by atoms with Gasteiger partial charge in [-0.05, 0) is 37.6 Å². The smallest absolute Gasteiger partial charge is 0.242 e. The lowest BCUT2D eigenvalue weighted by Gasteiger charge is -2.27. The Morgan fingerprint density at radius 1 is 1.30 bits per heavy atom. The fourth-order valence-electron chi connectivity index (χ4n) is 2.49. The quantitative estimate of drug-likeness (QED) is 0.721. The van der Waals surface area contributed by atoms with Gasteiger partial charge in [-0.3, -0.25) is 9.59 Å². The molecule has 20 heavy (non-hydrogen) atoms. The number of carbonyl (C=O) groups is 2. The molecule has 0 aromatic heterocycles. The van der Waals surface area contributed by atoms with Crippen molar-refractivity contribution in [2.45, 2.75) is 58.9 Å². The van der Waals surface area contributed by atoms with E-state index in [1.807, 2.05) is 20.8 Å². The van der Waals surface area contributed by atoms with E-state index >= 15 is 0 Å². The second-order valence-electron chi connectivity index (χ2n) is 6.77. The first-order valence-corrected chi connectivity index (χ1v) is 7.62. The molecule has 116 valence electrons. The summed E-state index contributed by atoms with van der Waals surface area (Å²) < 4.78 is 0. The van der Waals surface area contributed by atoms with E-state index in [1.54, 1.807) is 4.90 Å². The maximum atomic E-state index is 12.3. The summed E-state index contributed by atoms with van der Waals surface area (Å²) in [5, 5.41) is 2.92. The highest BCUT2D eigenvalue weighted by molar-refractivity contribution is 5.88. The van der Waals surface area contributed by atoms with Gasteiger partial charge >= 0.3 is 0 Å². The van der Waals surface area contributed by atoms with Crippen molar-refractivity contribution in [3.8, 4) is 0 Å². The molecule has 5 nitrogen and oxygen atoms in total. The molecule has 0 saturated carbocycles. The Balaban J connectivity index is 2.47. The third-order valence-corrected chi connectivity index (χ3v) is 3.49. The van der Waals surface area contributed by atoms with Crippen LogP contribution in [0, 0.1) is 5.41 Å². The number of carbonyl (C=O) groups excluding carboxylic acids is 2. The molecule has 1 saturated heterocycles. The first-order valence-electron chi connectivity index (χ1n) is 7.62. The van der Waals surface area contributed by atoms with E-state index in [-0.39, 0.29) is 23.3 Å². The number of rotatable bonds is 6. The Labute approximate surface area is 122 Å². The summed E-state index contributed by atoms with van der Waals surface area (Å²) in [4.78, 5) is 26.2. The highest BCUT2D eigenvalue weighted by Crippen LogP contribution is 2.24. The van der Waals surface area contributed by atoms with Crippen LogP contribution in [0.25, 0.3) is 0 Å². The highest BCUT2D eigenvalue weighted by Gasteiger charge is 2.34. The van der Waals surface area contributed by atoms with Gasteiger partial charge in [-0.15, -0.1) is 0 Å². The number of amides is 2. The summed E-state index contributed by atoms with van der Waals surface area (Å²) in [6, 6.07) is -0.275. The van der Waals surface area contributed by atoms with Gasteiger partial charge in [-0.2, -0.15) is 0 Å². The Morgan fingerprint density at radius 3 is 2.60 bits per heavy atom. The Bertz CT molecular complexity index is 337. The van der Waals surface area contributed by atoms with Crippen molar-refractivity contribution >= 4 is 11.8 Å². The van der Waals surface area contributed by atoms with Crippen molar-refractivity contribution < 1.29 is 9.59 Å². The standard InChI is InChI=1S/C15H29N3O2/c1-15(2,3)11-13(19)18-10-6-7-12(18)14(20)17-9-5-4-8-16/h12H,4-11,16H2,1-3H3,(H,17,20). The first-order chi connectivity index (χ1) is 9.35. The Hall–Kier alpha value is -1.10. The van der Waals surface area contributed by atoms with Crippen molar-refractivity contribution in [1.29, 1.82) is 0 Å². The topological polar surface area (TPSA) is 75.4 Å². The van der Waals surface area contributed by atoms with Crippen LogP contribution in [-0.4, -0.2) is 42.4 Å². The third-order valence-electron chi connectivity index (χ3n) is 3.49. The van der Waals surface area contributed by atoms with Crippen LogP contribution < -0.4 is 11.1 Å². The number of hydrogen-bond acceptors (Lipinski definition) is 3. The number of hydrogen-bond donors (Lipinski definition) is 2. The summed E-state index contributed by atoms with van der Waals surface area (Å²) in [6.45, 7) is 8.13. The van der Waals surface area contributed by atoms with Gasteiger partial charge in [-0.1, -0.05) is 20.8 Å². The maximum absolute atomic E-state index is 12.3. The van der Waals surface area contributed by atoms with E-state index in [0.717, 1.165) is 25.7 Å². The minimum absolute atomic E-state index is 0.0122. The average molecular weight is 283 g/mol. The first kappa shape index (κ1) is 17.0. The van der Waals surface area contributed by atoms with Gasteiger partial charge in [0.1, 0.15) is 6.04 Å². The summed E-state index contributed by atoms with van der Waals surface area (Å²) >= 11 is 0. The van der Waals surface area contributed by atoms with Gasteiger partial charge in [0.15, 0.2) is 0 Å². The second kappa shape index (κ2) is 7.62. The zero-order chi connectivity index (χ0) is 15.2. The van der Waals surface area contributed by atoms with Crippen LogP contribution in [0.5, 0.6) is 0 Å². The molecular formula is C15H29N3O2. The van der Waals surface area contributed by atoms with Crippen LogP contribution in [0.1, 0.15) is 52.9 Å². The van der Waals surface area contributed by atoms with Crippen LogP contribution >= 0.6 is 0 Å². The lowest BCUT2D eigenvalue weighted by atomic mass is 9.91. The largest absolute Gasteiger partial charge is 0.354 e. The lowest BCUT2D eigenvalue weighted by Crippen LogP contribution is -2.46. The SMILES string of the molecule is CC(C)(C)CC(=O)N1CCCC1C(=O)NCCCCN. The van der Waals surface area contributed by atoms with Gasteiger partial charge in [0.2, 0.25) is 11.8 Å². The molecule has 2 amide bonds. The van der Waals surface area contributed by atoms with E-state index in [2.05, 4.69) is 5.32 Å². The minimum atomic E-state index is -0.275. The van der Waals surface area contributed by atoms with Crippen LogP contribution in [0.3, 0.4) is 0 Å². The zero-order valence-electron chi connectivity index (χ0n) is 13.1. The summed E-state index contributed by atoms with van der Waals surface area (Å²) in [6.07, 6.45) is 3.99. The van der Waals surface area contributed by atoms with Gasteiger partial charge in [0.25, 0.3) is 0 Å². The molecule has 1 unspecified atom stereocenters. The van der Waals surface area contributed by atoms with Crippen LogP contribution in [0.15, 0.2) is 0 Å². The predicted molar refractivity (Wildman–Crippen MR) is 80.1 cm³/mol. The molecule has 3 N–H and O–H groups in total. The number of likely N-dealkylation sites (tertiary alicyclic amines) is 1. The van der Waals surface area contributed by atoms with E-state index in [0.29, 0.717) is 26.1 Å². The van der Waals surface area contributed by atoms with Crippen LogP contribution in [-0.2, 0) is 9.59 Å². The number of nitrogens with zero attached hydrogens (tertiary/aromatic N) is 1. The molecule has 5 heteroatoms. The number of nitrogens with one attached hydrogen (secondary N) is 1.